The van der Waals surface area contributed by atoms with Gasteiger partial charge in [0.1, 0.15) is 5.78 Å². The monoisotopic (exact) mass is 213 g/mol. The van der Waals surface area contributed by atoms with Gasteiger partial charge in [-0.2, -0.15) is 0 Å². The molecule has 1 aliphatic rings. The number of anilines is 1. The second-order valence-corrected chi connectivity index (χ2v) is 4.04. The van der Waals surface area contributed by atoms with Gasteiger partial charge in [-0.3, -0.25) is 4.79 Å². The average Bonchev–Trinajstić information content (AvgIpc) is 2.73. The number of ketones is 1. The molecule has 16 heavy (non-hydrogen) atoms. The molecular weight excluding hydrogens is 198 g/mol. The van der Waals surface area contributed by atoms with Crippen molar-refractivity contribution in [1.29, 1.82) is 0 Å². The fourth-order valence-electron chi connectivity index (χ4n) is 2.11. The van der Waals surface area contributed by atoms with E-state index in [9.17, 15) is 4.79 Å². The summed E-state index contributed by atoms with van der Waals surface area (Å²) in [6.45, 7) is 0.730. The topological polar surface area (TPSA) is 29.1 Å². The van der Waals surface area contributed by atoms with E-state index in [1.807, 2.05) is 24.3 Å². The van der Waals surface area contributed by atoms with Gasteiger partial charge in [-0.15, -0.1) is 12.3 Å². The van der Waals surface area contributed by atoms with Crippen LogP contribution < -0.4 is 5.32 Å². The Bertz CT molecular complexity index is 431. The number of carbonyl (C=O) groups is 1. The van der Waals surface area contributed by atoms with Crippen molar-refractivity contribution in [3.05, 3.63) is 29.8 Å². The van der Waals surface area contributed by atoms with Gasteiger partial charge in [0.2, 0.25) is 0 Å². The number of terminal acetylenes is 1. The number of hydrogen-bond acceptors (Lipinski definition) is 2. The molecule has 0 aliphatic carbocycles. The predicted octanol–water partition coefficient (Wildman–Crippen LogP) is 2.57. The van der Waals surface area contributed by atoms with E-state index in [-0.39, 0.29) is 5.92 Å². The summed E-state index contributed by atoms with van der Waals surface area (Å²) < 4.78 is 0. The molecule has 2 rings (SSSR count). The highest BCUT2D eigenvalue weighted by atomic mass is 16.1. The second kappa shape index (κ2) is 4.85. The highest BCUT2D eigenvalue weighted by molar-refractivity contribution is 5.89. The zero-order valence-corrected chi connectivity index (χ0v) is 9.20. The number of nitrogens with one attached hydrogen (secondary N) is 1. The quantitative estimate of drug-likeness (QED) is 0.615. The Labute approximate surface area is 96.1 Å². The van der Waals surface area contributed by atoms with Gasteiger partial charge >= 0.3 is 0 Å². The van der Waals surface area contributed by atoms with Crippen LogP contribution in [0, 0.1) is 12.3 Å². The number of carbonyl (C=O) groups excluding carboxylic acids is 1. The first kappa shape index (κ1) is 10.8. The van der Waals surface area contributed by atoms with Crippen LogP contribution in [0.4, 0.5) is 5.69 Å². The van der Waals surface area contributed by atoms with Crippen LogP contribution in [-0.4, -0.2) is 12.3 Å². The Morgan fingerprint density at radius 1 is 1.50 bits per heavy atom. The number of fused-ring (bicyclic) bond motifs is 1. The molecular formula is C14H15NO. The number of Topliss-reactive ketones (excluding diaryl/α,β-unsaturated/α-hetero) is 1. The standard InChI is InChI=1S/C14H15NO/c1-2-3-4-9-14(16)12-10-15-13-8-6-5-7-11(12)13/h1,5-8,12,15H,3-4,9-10H2. The molecule has 0 radical (unpaired) electrons. The molecule has 0 fully saturated rings. The molecule has 0 amide bonds. The van der Waals surface area contributed by atoms with Crippen molar-refractivity contribution in [2.45, 2.75) is 25.2 Å². The molecule has 0 saturated carbocycles. The molecule has 1 aromatic carbocycles. The second-order valence-electron chi connectivity index (χ2n) is 4.04. The smallest absolute Gasteiger partial charge is 0.142 e. The summed E-state index contributed by atoms with van der Waals surface area (Å²) in [6.07, 6.45) is 7.25. The van der Waals surface area contributed by atoms with Crippen molar-refractivity contribution < 1.29 is 4.79 Å². The molecule has 1 N–H and O–H groups in total. The van der Waals surface area contributed by atoms with E-state index in [1.54, 1.807) is 0 Å². The Morgan fingerprint density at radius 2 is 2.31 bits per heavy atom. The first-order valence-corrected chi connectivity index (χ1v) is 5.62. The number of para-hydroxylation sites is 1. The lowest BCUT2D eigenvalue weighted by Crippen LogP contribution is -2.14. The van der Waals surface area contributed by atoms with E-state index in [2.05, 4.69) is 11.2 Å². The van der Waals surface area contributed by atoms with Crippen LogP contribution in [0.2, 0.25) is 0 Å². The molecule has 2 nitrogen and oxygen atoms in total. The van der Waals surface area contributed by atoms with Crippen molar-refractivity contribution in [3.8, 4) is 12.3 Å². The summed E-state index contributed by atoms with van der Waals surface area (Å²) in [6, 6.07) is 8.01. The van der Waals surface area contributed by atoms with Crippen LogP contribution in [0.3, 0.4) is 0 Å². The predicted molar refractivity (Wildman–Crippen MR) is 65.4 cm³/mol. The summed E-state index contributed by atoms with van der Waals surface area (Å²) in [7, 11) is 0. The maximum atomic E-state index is 12.0. The van der Waals surface area contributed by atoms with Crippen LogP contribution in [0.15, 0.2) is 24.3 Å². The molecule has 1 aromatic rings. The van der Waals surface area contributed by atoms with E-state index in [4.69, 9.17) is 6.42 Å². The molecule has 0 spiro atoms. The van der Waals surface area contributed by atoms with E-state index in [1.165, 1.54) is 0 Å². The van der Waals surface area contributed by atoms with Gasteiger partial charge in [0.15, 0.2) is 0 Å². The van der Waals surface area contributed by atoms with Crippen molar-refractivity contribution in [1.82, 2.24) is 0 Å². The number of benzene rings is 1. The minimum Gasteiger partial charge on any atom is -0.384 e. The van der Waals surface area contributed by atoms with Crippen LogP contribution in [-0.2, 0) is 4.79 Å². The fraction of sp³-hybridized carbons (Fsp3) is 0.357. The van der Waals surface area contributed by atoms with Crippen molar-refractivity contribution in [3.63, 3.8) is 0 Å². The molecule has 0 bridgehead atoms. The zero-order chi connectivity index (χ0) is 11.4. The highest BCUT2D eigenvalue weighted by Crippen LogP contribution is 2.32. The zero-order valence-electron chi connectivity index (χ0n) is 9.20. The molecule has 1 heterocycles. The SMILES string of the molecule is C#CCCCC(=O)C1CNc2ccccc21. The highest BCUT2D eigenvalue weighted by Gasteiger charge is 2.27. The number of rotatable bonds is 4. The molecule has 1 atom stereocenters. The Balaban J connectivity index is 2.02. The Kier molecular flexibility index (Phi) is 3.26. The lowest BCUT2D eigenvalue weighted by atomic mass is 9.94. The summed E-state index contributed by atoms with van der Waals surface area (Å²) in [5.74, 6) is 2.89. The lowest BCUT2D eigenvalue weighted by molar-refractivity contribution is -0.120. The van der Waals surface area contributed by atoms with Crippen molar-refractivity contribution >= 4 is 11.5 Å². The molecule has 2 heteroatoms. The lowest BCUT2D eigenvalue weighted by Gasteiger charge is -2.07. The van der Waals surface area contributed by atoms with Crippen LogP contribution in [0.25, 0.3) is 0 Å². The Morgan fingerprint density at radius 3 is 3.12 bits per heavy atom. The van der Waals surface area contributed by atoms with E-state index >= 15 is 0 Å². The van der Waals surface area contributed by atoms with Crippen LogP contribution >= 0.6 is 0 Å². The van der Waals surface area contributed by atoms with Crippen LogP contribution in [0.1, 0.15) is 30.7 Å². The van der Waals surface area contributed by atoms with Gasteiger partial charge in [-0.25, -0.2) is 0 Å². The Hall–Kier alpha value is -1.75. The normalized spacial score (nSPS) is 17.3. The van der Waals surface area contributed by atoms with Crippen molar-refractivity contribution in [2.24, 2.45) is 0 Å². The maximum absolute atomic E-state index is 12.0. The third-order valence-electron chi connectivity index (χ3n) is 2.97. The summed E-state index contributed by atoms with van der Waals surface area (Å²) in [5, 5.41) is 3.26. The number of unbranched alkanes of at least 4 members (excludes halogenated alkanes) is 1. The summed E-state index contributed by atoms with van der Waals surface area (Å²) in [5.41, 5.74) is 2.23. The maximum Gasteiger partial charge on any atom is 0.142 e. The van der Waals surface area contributed by atoms with E-state index in [0.29, 0.717) is 18.6 Å². The van der Waals surface area contributed by atoms with Crippen LogP contribution in [0.5, 0.6) is 0 Å². The molecule has 1 aliphatic heterocycles. The molecule has 0 saturated heterocycles. The fourth-order valence-corrected chi connectivity index (χ4v) is 2.11. The van der Waals surface area contributed by atoms with Gasteiger partial charge in [0.05, 0.1) is 5.92 Å². The third-order valence-corrected chi connectivity index (χ3v) is 2.97. The van der Waals surface area contributed by atoms with Crippen molar-refractivity contribution in [2.75, 3.05) is 11.9 Å². The summed E-state index contributed by atoms with van der Waals surface area (Å²) in [4.78, 5) is 12.0. The molecule has 0 aromatic heterocycles. The van der Waals surface area contributed by atoms with E-state index in [0.717, 1.165) is 24.2 Å². The minimum absolute atomic E-state index is 0.0222. The van der Waals surface area contributed by atoms with Gasteiger partial charge in [0.25, 0.3) is 0 Å². The minimum atomic E-state index is 0.0222. The average molecular weight is 213 g/mol. The van der Waals surface area contributed by atoms with Gasteiger partial charge in [-0.05, 0) is 18.1 Å². The van der Waals surface area contributed by atoms with Gasteiger partial charge in [0, 0.05) is 25.1 Å². The van der Waals surface area contributed by atoms with Gasteiger partial charge in [-0.1, -0.05) is 18.2 Å². The third kappa shape index (κ3) is 2.09. The molecule has 82 valence electrons. The number of hydrogen-bond donors (Lipinski definition) is 1. The van der Waals surface area contributed by atoms with E-state index < -0.39 is 0 Å². The first-order valence-electron chi connectivity index (χ1n) is 5.62. The van der Waals surface area contributed by atoms with Gasteiger partial charge < -0.3 is 5.32 Å². The summed E-state index contributed by atoms with van der Waals surface area (Å²) >= 11 is 0. The first-order chi connectivity index (χ1) is 7.83. The molecule has 1 unspecified atom stereocenters. The largest absolute Gasteiger partial charge is 0.384 e.